The van der Waals surface area contributed by atoms with Crippen molar-refractivity contribution in [1.29, 1.82) is 0 Å². The maximum absolute atomic E-state index is 14.2. The first-order valence-corrected chi connectivity index (χ1v) is 8.80. The number of aromatic nitrogens is 1. The van der Waals surface area contributed by atoms with Gasteiger partial charge in [-0.05, 0) is 47.4 Å². The summed E-state index contributed by atoms with van der Waals surface area (Å²) >= 11 is -2.11. The van der Waals surface area contributed by atoms with E-state index in [2.05, 4.69) is 4.98 Å². The molecule has 2 aromatic carbocycles. The Morgan fingerprint density at radius 2 is 1.68 bits per heavy atom. The predicted molar refractivity (Wildman–Crippen MR) is 94.2 cm³/mol. The number of nitrogens with zero attached hydrogens (tertiary/aromatic N) is 1. The maximum atomic E-state index is 14.2. The molecule has 6 heteroatoms. The molecule has 0 fully saturated rings. The lowest BCUT2D eigenvalue weighted by Gasteiger charge is -2.11. The van der Waals surface area contributed by atoms with Crippen molar-refractivity contribution in [1.82, 2.24) is 4.98 Å². The van der Waals surface area contributed by atoms with E-state index in [4.69, 9.17) is 4.55 Å². The Balaban J connectivity index is 2.08. The average Bonchev–Trinajstić information content (AvgIpc) is 2.59. The molecule has 1 aromatic heterocycles. The van der Waals surface area contributed by atoms with E-state index in [1.165, 1.54) is 18.2 Å². The predicted octanol–water partition coefficient (Wildman–Crippen LogP) is 4.72. The SMILES string of the molecule is Cc1ccc(-c2ccncc2-c2ccc(CS(=O)O)c(F)c2)cc1F. The number of rotatable bonds is 4. The van der Waals surface area contributed by atoms with Crippen LogP contribution in [0, 0.1) is 18.6 Å². The van der Waals surface area contributed by atoms with Gasteiger partial charge < -0.3 is 4.55 Å². The lowest BCUT2D eigenvalue weighted by Crippen LogP contribution is -1.97. The Morgan fingerprint density at radius 1 is 1.00 bits per heavy atom. The molecule has 0 saturated carbocycles. The van der Waals surface area contributed by atoms with Crippen LogP contribution in [-0.2, 0) is 16.8 Å². The number of aryl methyl sites for hydroxylation is 1. The van der Waals surface area contributed by atoms with Crippen molar-refractivity contribution in [2.24, 2.45) is 0 Å². The quantitative estimate of drug-likeness (QED) is 0.686. The second-order valence-corrected chi connectivity index (χ2v) is 6.59. The summed E-state index contributed by atoms with van der Waals surface area (Å²) in [4.78, 5) is 4.08. The summed E-state index contributed by atoms with van der Waals surface area (Å²) < 4.78 is 47.9. The largest absolute Gasteiger partial charge is 0.306 e. The van der Waals surface area contributed by atoms with Crippen LogP contribution in [0.4, 0.5) is 8.78 Å². The fraction of sp³-hybridized carbons (Fsp3) is 0.105. The first-order valence-electron chi connectivity index (χ1n) is 7.52. The van der Waals surface area contributed by atoms with E-state index in [0.717, 1.165) is 5.56 Å². The first-order chi connectivity index (χ1) is 12.0. The minimum Gasteiger partial charge on any atom is -0.306 e. The number of halogens is 2. The molecule has 128 valence electrons. The molecule has 3 rings (SSSR count). The minimum absolute atomic E-state index is 0.163. The van der Waals surface area contributed by atoms with Crippen LogP contribution in [0.5, 0.6) is 0 Å². The Morgan fingerprint density at radius 3 is 2.36 bits per heavy atom. The second kappa shape index (κ2) is 7.21. The maximum Gasteiger partial charge on any atom is 0.157 e. The molecule has 0 amide bonds. The zero-order chi connectivity index (χ0) is 18.0. The van der Waals surface area contributed by atoms with E-state index in [-0.39, 0.29) is 17.1 Å². The van der Waals surface area contributed by atoms with Crippen molar-refractivity contribution in [3.63, 3.8) is 0 Å². The fourth-order valence-corrected chi connectivity index (χ4v) is 3.10. The van der Waals surface area contributed by atoms with Crippen molar-refractivity contribution in [3.05, 3.63) is 77.6 Å². The van der Waals surface area contributed by atoms with Crippen LogP contribution >= 0.6 is 0 Å². The third kappa shape index (κ3) is 3.81. The molecule has 1 unspecified atom stereocenters. The van der Waals surface area contributed by atoms with Crippen LogP contribution in [0.1, 0.15) is 11.1 Å². The number of hydrogen-bond donors (Lipinski definition) is 1. The Labute approximate surface area is 146 Å². The highest BCUT2D eigenvalue weighted by Crippen LogP contribution is 2.33. The summed E-state index contributed by atoms with van der Waals surface area (Å²) in [5.41, 5.74) is 3.33. The molecular weight excluding hydrogens is 344 g/mol. The second-order valence-electron chi connectivity index (χ2n) is 5.66. The summed E-state index contributed by atoms with van der Waals surface area (Å²) in [6.07, 6.45) is 3.18. The number of pyridine rings is 1. The van der Waals surface area contributed by atoms with Gasteiger partial charge in [0.05, 0.1) is 5.75 Å². The Kier molecular flexibility index (Phi) is 5.01. The van der Waals surface area contributed by atoms with Crippen molar-refractivity contribution < 1.29 is 17.5 Å². The highest BCUT2D eigenvalue weighted by Gasteiger charge is 2.12. The van der Waals surface area contributed by atoms with E-state index in [9.17, 15) is 13.0 Å². The molecule has 0 bridgehead atoms. The molecule has 0 aliphatic carbocycles. The van der Waals surface area contributed by atoms with E-state index >= 15 is 0 Å². The van der Waals surface area contributed by atoms with Gasteiger partial charge in [-0.25, -0.2) is 13.0 Å². The zero-order valence-electron chi connectivity index (χ0n) is 13.4. The van der Waals surface area contributed by atoms with Crippen LogP contribution in [0.2, 0.25) is 0 Å². The number of hydrogen-bond acceptors (Lipinski definition) is 2. The molecule has 1 atom stereocenters. The molecule has 1 N–H and O–H groups in total. The summed E-state index contributed by atoms with van der Waals surface area (Å²) in [7, 11) is 0. The summed E-state index contributed by atoms with van der Waals surface area (Å²) in [6, 6.07) is 11.1. The smallest absolute Gasteiger partial charge is 0.157 e. The van der Waals surface area contributed by atoms with Crippen molar-refractivity contribution in [3.8, 4) is 22.3 Å². The van der Waals surface area contributed by atoms with Gasteiger partial charge >= 0.3 is 0 Å². The lowest BCUT2D eigenvalue weighted by molar-refractivity contribution is 0.559. The van der Waals surface area contributed by atoms with E-state index in [1.807, 2.05) is 0 Å². The van der Waals surface area contributed by atoms with Crippen LogP contribution < -0.4 is 0 Å². The molecular formula is C19H15F2NO2S. The monoisotopic (exact) mass is 359 g/mol. The van der Waals surface area contributed by atoms with Gasteiger partial charge in [-0.15, -0.1) is 0 Å². The van der Waals surface area contributed by atoms with Crippen LogP contribution in [-0.4, -0.2) is 13.7 Å². The van der Waals surface area contributed by atoms with Crippen molar-refractivity contribution in [2.45, 2.75) is 12.7 Å². The van der Waals surface area contributed by atoms with Crippen LogP contribution in [0.3, 0.4) is 0 Å². The third-order valence-electron chi connectivity index (χ3n) is 3.95. The van der Waals surface area contributed by atoms with Gasteiger partial charge in [-0.2, -0.15) is 0 Å². The third-order valence-corrected chi connectivity index (χ3v) is 4.50. The standard InChI is InChI=1S/C19H15F2NO2S/c1-12-2-3-13(8-18(12)20)16-6-7-22-10-17(16)14-4-5-15(11-25(23)24)19(21)9-14/h2-10H,11H2,1H3,(H,23,24). The van der Waals surface area contributed by atoms with E-state index in [1.54, 1.807) is 43.6 Å². The summed E-state index contributed by atoms with van der Waals surface area (Å²) in [6.45, 7) is 1.69. The molecule has 3 nitrogen and oxygen atoms in total. The van der Waals surface area contributed by atoms with Gasteiger partial charge in [0, 0.05) is 23.5 Å². The molecule has 0 aliphatic heterocycles. The summed E-state index contributed by atoms with van der Waals surface area (Å²) in [5.74, 6) is -1.15. The van der Waals surface area contributed by atoms with Crippen molar-refractivity contribution in [2.75, 3.05) is 0 Å². The summed E-state index contributed by atoms with van der Waals surface area (Å²) in [5, 5.41) is 0. The Hall–Kier alpha value is -2.44. The molecule has 0 radical (unpaired) electrons. The highest BCUT2D eigenvalue weighted by molar-refractivity contribution is 7.78. The average molecular weight is 359 g/mol. The molecule has 3 aromatic rings. The van der Waals surface area contributed by atoms with Gasteiger partial charge in [0.2, 0.25) is 0 Å². The van der Waals surface area contributed by atoms with Gasteiger partial charge in [-0.1, -0.05) is 24.3 Å². The molecule has 25 heavy (non-hydrogen) atoms. The topological polar surface area (TPSA) is 50.2 Å². The molecule has 0 saturated heterocycles. The normalized spacial score (nSPS) is 12.2. The van der Waals surface area contributed by atoms with Gasteiger partial charge in [-0.3, -0.25) is 4.98 Å². The lowest BCUT2D eigenvalue weighted by atomic mass is 9.95. The zero-order valence-corrected chi connectivity index (χ0v) is 14.2. The highest BCUT2D eigenvalue weighted by atomic mass is 32.2. The Bertz CT molecular complexity index is 960. The minimum atomic E-state index is -2.11. The van der Waals surface area contributed by atoms with Gasteiger partial charge in [0.15, 0.2) is 11.1 Å². The van der Waals surface area contributed by atoms with Gasteiger partial charge in [0.25, 0.3) is 0 Å². The first kappa shape index (κ1) is 17.4. The fourth-order valence-electron chi connectivity index (χ4n) is 2.60. The van der Waals surface area contributed by atoms with Gasteiger partial charge in [0.1, 0.15) is 11.6 Å². The van der Waals surface area contributed by atoms with Crippen LogP contribution in [0.25, 0.3) is 22.3 Å². The molecule has 1 heterocycles. The van der Waals surface area contributed by atoms with Crippen molar-refractivity contribution >= 4 is 11.1 Å². The molecule has 0 spiro atoms. The number of benzene rings is 2. The van der Waals surface area contributed by atoms with Crippen LogP contribution in [0.15, 0.2) is 54.9 Å². The molecule has 0 aliphatic rings. The van der Waals surface area contributed by atoms with E-state index in [0.29, 0.717) is 22.3 Å². The van der Waals surface area contributed by atoms with E-state index < -0.39 is 16.9 Å².